The summed E-state index contributed by atoms with van der Waals surface area (Å²) in [7, 11) is 0. The van der Waals surface area contributed by atoms with E-state index < -0.39 is 86.7 Å². The lowest BCUT2D eigenvalue weighted by Crippen LogP contribution is -2.61. The summed E-state index contributed by atoms with van der Waals surface area (Å²) in [5.74, 6) is -0.400. The van der Waals surface area contributed by atoms with Gasteiger partial charge < -0.3 is 64.2 Å². The first kappa shape index (κ1) is 56.8. The van der Waals surface area contributed by atoms with Crippen LogP contribution >= 0.6 is 0 Å². The van der Waals surface area contributed by atoms with Gasteiger partial charge >= 0.3 is 5.97 Å². The van der Waals surface area contributed by atoms with Crippen LogP contribution in [0.3, 0.4) is 0 Å². The second-order valence-electron chi connectivity index (χ2n) is 16.5. The van der Waals surface area contributed by atoms with Crippen molar-refractivity contribution in [1.82, 2.24) is 0 Å². The Morgan fingerprint density at radius 2 is 1.03 bits per heavy atom. The highest BCUT2D eigenvalue weighted by atomic mass is 16.7. The molecule has 14 nitrogen and oxygen atoms in total. The molecule has 0 aromatic heterocycles. The van der Waals surface area contributed by atoms with Crippen LogP contribution in [0.2, 0.25) is 0 Å². The fourth-order valence-corrected chi connectivity index (χ4v) is 7.10. The SMILES string of the molecule is CC/C=C\C/C=C\C/C=C\CCCCCCCC(=O)OC(COCCCCCCCC/C=C\C/C=C\CCC)COC1OC(COC2OC(CO)C(O)C(O)C2O)C(O)C(O)C1O. The predicted octanol–water partition coefficient (Wildman–Crippen LogP) is 6.18. The van der Waals surface area contributed by atoms with Gasteiger partial charge in [-0.25, -0.2) is 0 Å². The number of aliphatic hydroxyl groups excluding tert-OH is 7. The van der Waals surface area contributed by atoms with E-state index in [2.05, 4.69) is 74.6 Å². The number of unbranched alkanes of at least 4 members (excludes halogenated alkanes) is 12. The van der Waals surface area contributed by atoms with Gasteiger partial charge in [0.1, 0.15) is 54.9 Å². The molecule has 0 aromatic rings. The predicted molar refractivity (Wildman–Crippen MR) is 242 cm³/mol. The molecule has 14 heteroatoms. The number of esters is 1. The van der Waals surface area contributed by atoms with E-state index in [9.17, 15) is 40.5 Å². The van der Waals surface area contributed by atoms with Gasteiger partial charge in [0.25, 0.3) is 0 Å². The molecule has 2 rings (SSSR count). The molecule has 2 aliphatic heterocycles. The van der Waals surface area contributed by atoms with Crippen molar-refractivity contribution in [2.24, 2.45) is 0 Å². The fraction of sp³-hybridized carbons (Fsp3) is 0.776. The highest BCUT2D eigenvalue weighted by molar-refractivity contribution is 5.69. The van der Waals surface area contributed by atoms with Crippen LogP contribution in [0.5, 0.6) is 0 Å². The van der Waals surface area contributed by atoms with Crippen molar-refractivity contribution < 1.29 is 69.0 Å². The summed E-state index contributed by atoms with van der Waals surface area (Å²) < 4.78 is 34.2. The molecule has 0 aromatic carbocycles. The van der Waals surface area contributed by atoms with Crippen molar-refractivity contribution in [2.75, 3.05) is 33.0 Å². The lowest BCUT2D eigenvalue weighted by atomic mass is 9.98. The molecule has 63 heavy (non-hydrogen) atoms. The van der Waals surface area contributed by atoms with Gasteiger partial charge in [-0.15, -0.1) is 0 Å². The minimum absolute atomic E-state index is 0.0442. The van der Waals surface area contributed by atoms with Crippen LogP contribution in [-0.4, -0.2) is 142 Å². The van der Waals surface area contributed by atoms with Gasteiger partial charge in [-0.05, 0) is 70.6 Å². The first-order valence-electron chi connectivity index (χ1n) is 23.9. The third kappa shape index (κ3) is 25.3. The number of carbonyl (C=O) groups excluding carboxylic acids is 1. The molecule has 2 aliphatic rings. The molecule has 11 unspecified atom stereocenters. The van der Waals surface area contributed by atoms with Crippen molar-refractivity contribution in [3.8, 4) is 0 Å². The van der Waals surface area contributed by atoms with Gasteiger partial charge in [-0.2, -0.15) is 0 Å². The number of ether oxygens (including phenoxy) is 6. The number of hydrogen-bond donors (Lipinski definition) is 7. The van der Waals surface area contributed by atoms with Crippen LogP contribution in [0, 0.1) is 0 Å². The van der Waals surface area contributed by atoms with Crippen molar-refractivity contribution in [3.05, 3.63) is 60.8 Å². The third-order valence-electron chi connectivity index (χ3n) is 11.0. The Hall–Kier alpha value is -2.31. The number of hydrogen-bond acceptors (Lipinski definition) is 14. The van der Waals surface area contributed by atoms with E-state index in [1.807, 2.05) is 0 Å². The highest BCUT2D eigenvalue weighted by Gasteiger charge is 2.47. The molecule has 0 radical (unpaired) electrons. The first-order valence-corrected chi connectivity index (χ1v) is 23.9. The minimum Gasteiger partial charge on any atom is -0.457 e. The van der Waals surface area contributed by atoms with Crippen molar-refractivity contribution in [3.63, 3.8) is 0 Å². The lowest BCUT2D eigenvalue weighted by Gasteiger charge is -2.42. The van der Waals surface area contributed by atoms with Gasteiger partial charge in [-0.1, -0.05) is 126 Å². The summed E-state index contributed by atoms with van der Waals surface area (Å²) in [4.78, 5) is 13.0. The molecule has 0 saturated carbocycles. The number of aliphatic hydroxyl groups is 7. The largest absolute Gasteiger partial charge is 0.457 e. The van der Waals surface area contributed by atoms with E-state index in [-0.39, 0.29) is 19.6 Å². The topological polar surface area (TPSA) is 214 Å². The molecule has 11 atom stereocenters. The third-order valence-corrected chi connectivity index (χ3v) is 11.0. The average Bonchev–Trinajstić information content (AvgIpc) is 3.28. The standard InChI is InChI=1S/C49H84O14/c1-3-5-7-9-11-13-15-17-19-20-22-24-26-28-30-32-41(51)61-38(35-58-33-31-29-27-25-23-21-18-16-14-12-10-8-6-4-2)36-59-48-47(57)45(55)43(53)40(63-48)37-60-49-46(56)44(54)42(52)39(34-50)62-49/h5,7-8,10-11,13-14,16-17,19,38-40,42-50,52-57H,3-4,6,9,12,15,18,20-37H2,1-2H3/b7-5-,10-8-,13-11-,16-14-,19-17-. The zero-order valence-electron chi connectivity index (χ0n) is 38.3. The molecule has 364 valence electrons. The number of rotatable bonds is 36. The van der Waals surface area contributed by atoms with Gasteiger partial charge in [0.2, 0.25) is 0 Å². The zero-order valence-corrected chi connectivity index (χ0v) is 38.3. The molecule has 2 fully saturated rings. The van der Waals surface area contributed by atoms with E-state index in [1.165, 1.54) is 19.3 Å². The van der Waals surface area contributed by atoms with Crippen LogP contribution in [0.25, 0.3) is 0 Å². The Morgan fingerprint density at radius 1 is 0.540 bits per heavy atom. The fourth-order valence-electron chi connectivity index (χ4n) is 7.10. The maximum atomic E-state index is 13.0. The Balaban J connectivity index is 1.81. The van der Waals surface area contributed by atoms with Crippen LogP contribution in [0.4, 0.5) is 0 Å². The second kappa shape index (κ2) is 36.9. The molecule has 0 bridgehead atoms. The molecule has 0 spiro atoms. The van der Waals surface area contributed by atoms with Gasteiger partial charge in [0.05, 0.1) is 26.4 Å². The summed E-state index contributed by atoms with van der Waals surface area (Å²) in [6, 6.07) is 0. The molecule has 0 amide bonds. The molecule has 7 N–H and O–H groups in total. The Labute approximate surface area is 377 Å². The lowest BCUT2D eigenvalue weighted by molar-refractivity contribution is -0.332. The maximum Gasteiger partial charge on any atom is 0.306 e. The monoisotopic (exact) mass is 897 g/mol. The average molecular weight is 897 g/mol. The zero-order chi connectivity index (χ0) is 45.9. The molecular weight excluding hydrogens is 813 g/mol. The van der Waals surface area contributed by atoms with Crippen molar-refractivity contribution in [2.45, 2.75) is 210 Å². The van der Waals surface area contributed by atoms with Crippen LogP contribution in [0.15, 0.2) is 60.8 Å². The normalized spacial score (nSPS) is 27.5. The summed E-state index contributed by atoms with van der Waals surface area (Å²) in [6.45, 7) is 3.44. The Kier molecular flexibility index (Phi) is 33.2. The first-order chi connectivity index (χ1) is 30.6. The molecule has 2 saturated heterocycles. The molecule has 0 aliphatic carbocycles. The number of carbonyl (C=O) groups is 1. The minimum atomic E-state index is -1.71. The Bertz CT molecular complexity index is 1270. The summed E-state index contributed by atoms with van der Waals surface area (Å²) in [6.07, 6.45) is 25.7. The van der Waals surface area contributed by atoms with Crippen molar-refractivity contribution >= 4 is 5.97 Å². The van der Waals surface area contributed by atoms with E-state index in [1.54, 1.807) is 0 Å². The van der Waals surface area contributed by atoms with Gasteiger partial charge in [-0.3, -0.25) is 4.79 Å². The van der Waals surface area contributed by atoms with Crippen molar-refractivity contribution in [1.29, 1.82) is 0 Å². The van der Waals surface area contributed by atoms with Crippen LogP contribution in [-0.2, 0) is 33.2 Å². The van der Waals surface area contributed by atoms with E-state index in [4.69, 9.17) is 28.4 Å². The van der Waals surface area contributed by atoms with E-state index in [0.29, 0.717) is 13.0 Å². The maximum absolute atomic E-state index is 13.0. The van der Waals surface area contributed by atoms with E-state index in [0.717, 1.165) is 96.3 Å². The summed E-state index contributed by atoms with van der Waals surface area (Å²) in [5, 5.41) is 72.0. The molecular formula is C49H84O14. The van der Waals surface area contributed by atoms with Crippen LogP contribution < -0.4 is 0 Å². The van der Waals surface area contributed by atoms with Gasteiger partial charge in [0, 0.05) is 13.0 Å². The second-order valence-corrected chi connectivity index (χ2v) is 16.5. The quantitative estimate of drug-likeness (QED) is 0.0213. The van der Waals surface area contributed by atoms with Gasteiger partial charge in [0.15, 0.2) is 12.6 Å². The number of allylic oxidation sites excluding steroid dienone is 10. The Morgan fingerprint density at radius 3 is 1.62 bits per heavy atom. The van der Waals surface area contributed by atoms with Crippen LogP contribution in [0.1, 0.15) is 142 Å². The smallest absolute Gasteiger partial charge is 0.306 e. The molecule has 2 heterocycles. The van der Waals surface area contributed by atoms with E-state index >= 15 is 0 Å². The summed E-state index contributed by atoms with van der Waals surface area (Å²) in [5.41, 5.74) is 0. The highest BCUT2D eigenvalue weighted by Crippen LogP contribution is 2.26. The summed E-state index contributed by atoms with van der Waals surface area (Å²) >= 11 is 0.